The van der Waals surface area contributed by atoms with Gasteiger partial charge in [-0.1, -0.05) is 26.8 Å². The van der Waals surface area contributed by atoms with Gasteiger partial charge in [0.2, 0.25) is 5.91 Å². The van der Waals surface area contributed by atoms with Crippen molar-refractivity contribution in [2.75, 3.05) is 10.6 Å². The first-order chi connectivity index (χ1) is 15.1. The second-order valence-electron chi connectivity index (χ2n) is 7.35. The lowest BCUT2D eigenvalue weighted by molar-refractivity contribution is -0.137. The van der Waals surface area contributed by atoms with E-state index in [-0.39, 0.29) is 23.2 Å². The van der Waals surface area contributed by atoms with Gasteiger partial charge in [-0.2, -0.15) is 18.3 Å². The van der Waals surface area contributed by atoms with Crippen LogP contribution in [0.2, 0.25) is 0 Å². The number of alkyl halides is 3. The number of nitrogens with zero attached hydrogens (tertiary/aromatic N) is 3. The monoisotopic (exact) mass is 445 g/mol. The van der Waals surface area contributed by atoms with Crippen LogP contribution < -0.4 is 10.6 Å². The van der Waals surface area contributed by atoms with Crippen molar-refractivity contribution in [1.29, 1.82) is 0 Å². The molecule has 2 heterocycles. The number of carbonyl (C=O) groups is 2. The van der Waals surface area contributed by atoms with Crippen LogP contribution >= 0.6 is 0 Å². The van der Waals surface area contributed by atoms with Gasteiger partial charge in [-0.3, -0.25) is 9.59 Å². The summed E-state index contributed by atoms with van der Waals surface area (Å²) in [4.78, 5) is 28.4. The Labute approximate surface area is 182 Å². The molecule has 0 spiro atoms. The van der Waals surface area contributed by atoms with Crippen LogP contribution in [0.5, 0.6) is 0 Å². The van der Waals surface area contributed by atoms with Crippen LogP contribution in [-0.4, -0.2) is 26.6 Å². The van der Waals surface area contributed by atoms with Gasteiger partial charge < -0.3 is 10.6 Å². The minimum absolute atomic E-state index is 0.152. The molecule has 0 atom stereocenters. The van der Waals surface area contributed by atoms with E-state index >= 15 is 0 Å². The van der Waals surface area contributed by atoms with Gasteiger partial charge in [-0.25, -0.2) is 9.67 Å². The van der Waals surface area contributed by atoms with Crippen LogP contribution in [0, 0.1) is 0 Å². The van der Waals surface area contributed by atoms with E-state index in [2.05, 4.69) is 20.7 Å². The lowest BCUT2D eigenvalue weighted by Gasteiger charge is -2.13. The number of nitrogens with one attached hydrogen (secondary N) is 2. The summed E-state index contributed by atoms with van der Waals surface area (Å²) in [6, 6.07) is 8.84. The number of carbonyl (C=O) groups excluding carboxylic acids is 2. The maximum absolute atomic E-state index is 12.9. The summed E-state index contributed by atoms with van der Waals surface area (Å²) in [6.45, 7) is 5.42. The topological polar surface area (TPSA) is 88.9 Å². The van der Waals surface area contributed by atoms with Crippen LogP contribution in [0.1, 0.15) is 54.7 Å². The first-order valence-corrected chi connectivity index (χ1v) is 9.93. The summed E-state index contributed by atoms with van der Waals surface area (Å²) in [5.41, 5.74) is 0.921. The number of benzene rings is 1. The number of amides is 2. The Morgan fingerprint density at radius 3 is 2.31 bits per heavy atom. The summed E-state index contributed by atoms with van der Waals surface area (Å²) in [6.07, 6.45) is -2.08. The van der Waals surface area contributed by atoms with Crippen molar-refractivity contribution >= 4 is 23.2 Å². The fraction of sp³-hybridized carbons (Fsp3) is 0.273. The zero-order valence-corrected chi connectivity index (χ0v) is 17.7. The summed E-state index contributed by atoms with van der Waals surface area (Å²) in [5.74, 6) is -0.589. The first kappa shape index (κ1) is 23.0. The zero-order chi connectivity index (χ0) is 23.5. The predicted octanol–water partition coefficient (Wildman–Crippen LogP) is 5.01. The number of pyridine rings is 1. The Hall–Kier alpha value is -3.69. The van der Waals surface area contributed by atoms with Gasteiger partial charge in [-0.15, -0.1) is 0 Å². The average molecular weight is 445 g/mol. The van der Waals surface area contributed by atoms with Gasteiger partial charge in [0, 0.05) is 24.0 Å². The smallest absolute Gasteiger partial charge is 0.326 e. The van der Waals surface area contributed by atoms with E-state index in [1.54, 1.807) is 31.2 Å². The summed E-state index contributed by atoms with van der Waals surface area (Å²) < 4.78 is 39.8. The normalized spacial score (nSPS) is 11.5. The van der Waals surface area contributed by atoms with Gasteiger partial charge in [0.15, 0.2) is 5.82 Å². The molecule has 7 nitrogen and oxygen atoms in total. The predicted molar refractivity (Wildman–Crippen MR) is 114 cm³/mol. The van der Waals surface area contributed by atoms with Crippen LogP contribution in [0.25, 0.3) is 5.82 Å². The highest BCUT2D eigenvalue weighted by molar-refractivity contribution is 6.05. The van der Waals surface area contributed by atoms with Crippen LogP contribution in [0.15, 0.2) is 48.8 Å². The Kier molecular flexibility index (Phi) is 6.61. The van der Waals surface area contributed by atoms with Crippen molar-refractivity contribution in [3.63, 3.8) is 0 Å². The Morgan fingerprint density at radius 1 is 1.06 bits per heavy atom. The van der Waals surface area contributed by atoms with Gasteiger partial charge in [-0.05, 0) is 36.2 Å². The van der Waals surface area contributed by atoms with Gasteiger partial charge in [0.1, 0.15) is 0 Å². The SMILES string of the molecule is CCC(=O)Nc1cccc(NC(=O)c2cnn(-c3ccc(C(F)(F)F)cn3)c2C(C)C)c1. The van der Waals surface area contributed by atoms with Crippen LogP contribution in [0.3, 0.4) is 0 Å². The third kappa shape index (κ3) is 5.13. The van der Waals surface area contributed by atoms with Gasteiger partial charge in [0.25, 0.3) is 5.91 Å². The summed E-state index contributed by atoms with van der Waals surface area (Å²) in [7, 11) is 0. The van der Waals surface area contributed by atoms with E-state index in [9.17, 15) is 22.8 Å². The largest absolute Gasteiger partial charge is 0.417 e. The molecular formula is C22H22F3N5O2. The Bertz CT molecular complexity index is 1120. The minimum Gasteiger partial charge on any atom is -0.326 e. The molecule has 0 fully saturated rings. The Morgan fingerprint density at radius 2 is 1.75 bits per heavy atom. The highest BCUT2D eigenvalue weighted by Crippen LogP contribution is 2.29. The van der Waals surface area contributed by atoms with Crippen molar-refractivity contribution < 1.29 is 22.8 Å². The number of hydrogen-bond donors (Lipinski definition) is 2. The Balaban J connectivity index is 1.88. The lowest BCUT2D eigenvalue weighted by Crippen LogP contribution is -2.16. The van der Waals surface area contributed by atoms with E-state index in [0.717, 1.165) is 12.3 Å². The van der Waals surface area contributed by atoms with E-state index in [0.29, 0.717) is 23.5 Å². The highest BCUT2D eigenvalue weighted by Gasteiger charge is 2.31. The van der Waals surface area contributed by atoms with Gasteiger partial charge >= 0.3 is 6.18 Å². The maximum Gasteiger partial charge on any atom is 0.417 e. The first-order valence-electron chi connectivity index (χ1n) is 9.93. The van der Waals surface area contributed by atoms with Crippen LogP contribution in [0.4, 0.5) is 24.5 Å². The third-order valence-electron chi connectivity index (χ3n) is 4.62. The molecule has 0 bridgehead atoms. The molecular weight excluding hydrogens is 423 g/mol. The lowest BCUT2D eigenvalue weighted by atomic mass is 10.1. The standard InChI is InChI=1S/C22H22F3N5O2/c1-4-19(31)28-15-6-5-7-16(10-15)29-21(32)17-12-27-30(20(17)13(2)3)18-9-8-14(11-26-18)22(23,24)25/h5-13H,4H2,1-3H3,(H,28,31)(H,29,32). The second-order valence-corrected chi connectivity index (χ2v) is 7.35. The molecule has 32 heavy (non-hydrogen) atoms. The molecule has 1 aromatic carbocycles. The molecule has 2 aromatic heterocycles. The fourth-order valence-corrected chi connectivity index (χ4v) is 3.07. The summed E-state index contributed by atoms with van der Waals surface area (Å²) >= 11 is 0. The molecule has 3 rings (SSSR count). The summed E-state index contributed by atoms with van der Waals surface area (Å²) in [5, 5.41) is 9.67. The molecule has 0 saturated carbocycles. The molecule has 10 heteroatoms. The molecule has 0 radical (unpaired) electrons. The molecule has 2 N–H and O–H groups in total. The van der Waals surface area contributed by atoms with Crippen molar-refractivity contribution in [3.05, 3.63) is 65.6 Å². The number of hydrogen-bond acceptors (Lipinski definition) is 4. The van der Waals surface area contributed by atoms with Crippen molar-refractivity contribution in [2.24, 2.45) is 0 Å². The zero-order valence-electron chi connectivity index (χ0n) is 17.7. The molecule has 0 saturated heterocycles. The molecule has 0 unspecified atom stereocenters. The van der Waals surface area contributed by atoms with Gasteiger partial charge in [0.05, 0.1) is 23.0 Å². The van der Waals surface area contributed by atoms with E-state index in [4.69, 9.17) is 0 Å². The van der Waals surface area contributed by atoms with E-state index in [1.165, 1.54) is 16.9 Å². The van der Waals surface area contributed by atoms with Crippen molar-refractivity contribution in [3.8, 4) is 5.82 Å². The fourth-order valence-electron chi connectivity index (χ4n) is 3.07. The molecule has 0 aliphatic carbocycles. The third-order valence-corrected chi connectivity index (χ3v) is 4.62. The van der Waals surface area contributed by atoms with Crippen molar-refractivity contribution in [1.82, 2.24) is 14.8 Å². The number of halogens is 3. The maximum atomic E-state index is 12.9. The van der Waals surface area contributed by atoms with E-state index in [1.807, 2.05) is 13.8 Å². The second kappa shape index (κ2) is 9.21. The number of rotatable bonds is 6. The number of anilines is 2. The molecule has 0 aliphatic heterocycles. The minimum atomic E-state index is -4.49. The quantitative estimate of drug-likeness (QED) is 0.558. The van der Waals surface area contributed by atoms with E-state index < -0.39 is 17.6 Å². The van der Waals surface area contributed by atoms with Crippen molar-refractivity contribution in [2.45, 2.75) is 39.3 Å². The van der Waals surface area contributed by atoms with Crippen LogP contribution in [-0.2, 0) is 11.0 Å². The molecule has 2 amide bonds. The number of aromatic nitrogens is 3. The highest BCUT2D eigenvalue weighted by atomic mass is 19.4. The average Bonchev–Trinajstić information content (AvgIpc) is 3.19. The molecule has 0 aliphatic rings. The molecule has 3 aromatic rings. The molecule has 168 valence electrons.